The zero-order chi connectivity index (χ0) is 12.6. The molecule has 0 fully saturated rings. The van der Waals surface area contributed by atoms with Crippen LogP contribution in [0.1, 0.15) is 16.7 Å². The molecular weight excluding hydrogens is 222 g/mol. The molecule has 2 N–H and O–H groups in total. The predicted molar refractivity (Wildman–Crippen MR) is 74.6 cm³/mol. The molecule has 0 amide bonds. The van der Waals surface area contributed by atoms with E-state index < -0.39 is 0 Å². The fraction of sp³-hybridized carbons (Fsp3) is 0.125. The number of rotatable bonds is 5. The third-order valence-electron chi connectivity index (χ3n) is 2.66. The SMILES string of the molecule is NCc1ccc(COC=Cc2ccccc2)cc1. The molecule has 0 heterocycles. The average Bonchev–Trinajstić information content (AvgIpc) is 2.45. The van der Waals surface area contributed by atoms with E-state index in [0.717, 1.165) is 16.7 Å². The Balaban J connectivity index is 1.83. The minimum atomic E-state index is 0.578. The second-order valence-electron chi connectivity index (χ2n) is 4.05. The van der Waals surface area contributed by atoms with Crippen molar-refractivity contribution >= 4 is 6.08 Å². The standard InChI is InChI=1S/C16H17NO/c17-12-15-6-8-16(9-7-15)13-18-11-10-14-4-2-1-3-5-14/h1-11H,12-13,17H2. The van der Waals surface area contributed by atoms with Crippen LogP contribution in [0.4, 0.5) is 0 Å². The van der Waals surface area contributed by atoms with Gasteiger partial charge in [0, 0.05) is 6.54 Å². The normalized spacial score (nSPS) is 10.7. The third kappa shape index (κ3) is 3.75. The molecule has 2 heteroatoms. The topological polar surface area (TPSA) is 35.2 Å². The van der Waals surface area contributed by atoms with Crippen molar-refractivity contribution in [1.29, 1.82) is 0 Å². The number of benzene rings is 2. The molecule has 2 aromatic rings. The summed E-state index contributed by atoms with van der Waals surface area (Å²) < 4.78 is 5.49. The Labute approximate surface area is 108 Å². The summed E-state index contributed by atoms with van der Waals surface area (Å²) in [5.74, 6) is 0. The van der Waals surface area contributed by atoms with Crippen molar-refractivity contribution in [2.45, 2.75) is 13.2 Å². The molecule has 0 aliphatic rings. The van der Waals surface area contributed by atoms with E-state index in [1.807, 2.05) is 60.7 Å². The van der Waals surface area contributed by atoms with Gasteiger partial charge in [0.2, 0.25) is 0 Å². The first-order valence-electron chi connectivity index (χ1n) is 5.99. The van der Waals surface area contributed by atoms with Crippen LogP contribution in [0.25, 0.3) is 6.08 Å². The number of hydrogen-bond donors (Lipinski definition) is 1. The molecule has 0 saturated carbocycles. The van der Waals surface area contributed by atoms with Gasteiger partial charge in [0.25, 0.3) is 0 Å². The van der Waals surface area contributed by atoms with Crippen molar-refractivity contribution in [3.63, 3.8) is 0 Å². The second kappa shape index (κ2) is 6.62. The highest BCUT2D eigenvalue weighted by Crippen LogP contribution is 2.06. The Kier molecular flexibility index (Phi) is 4.56. The van der Waals surface area contributed by atoms with Gasteiger partial charge in [-0.2, -0.15) is 0 Å². The van der Waals surface area contributed by atoms with E-state index in [-0.39, 0.29) is 0 Å². The number of nitrogens with two attached hydrogens (primary N) is 1. The summed E-state index contributed by atoms with van der Waals surface area (Å²) in [6.45, 7) is 1.16. The van der Waals surface area contributed by atoms with Crippen LogP contribution in [-0.2, 0) is 17.9 Å². The first-order chi connectivity index (χ1) is 8.88. The molecule has 0 bridgehead atoms. The summed E-state index contributed by atoms with van der Waals surface area (Å²) in [7, 11) is 0. The average molecular weight is 239 g/mol. The van der Waals surface area contributed by atoms with Crippen LogP contribution in [0, 0.1) is 0 Å². The summed E-state index contributed by atoms with van der Waals surface area (Å²) in [6, 6.07) is 18.2. The van der Waals surface area contributed by atoms with Gasteiger partial charge in [-0.25, -0.2) is 0 Å². The van der Waals surface area contributed by atoms with E-state index in [9.17, 15) is 0 Å². The van der Waals surface area contributed by atoms with Crippen LogP contribution < -0.4 is 5.73 Å². The van der Waals surface area contributed by atoms with Gasteiger partial charge in [0.15, 0.2) is 0 Å². The van der Waals surface area contributed by atoms with Crippen LogP contribution >= 0.6 is 0 Å². The second-order valence-corrected chi connectivity index (χ2v) is 4.05. The molecule has 0 saturated heterocycles. The molecule has 92 valence electrons. The molecule has 0 atom stereocenters. The highest BCUT2D eigenvalue weighted by Gasteiger charge is 1.92. The lowest BCUT2D eigenvalue weighted by Crippen LogP contribution is -1.96. The van der Waals surface area contributed by atoms with E-state index in [1.54, 1.807) is 6.26 Å². The molecule has 0 aliphatic heterocycles. The minimum Gasteiger partial charge on any atom is -0.496 e. The Hall–Kier alpha value is -2.06. The Morgan fingerprint density at radius 2 is 1.56 bits per heavy atom. The minimum absolute atomic E-state index is 0.578. The van der Waals surface area contributed by atoms with Crippen LogP contribution in [-0.4, -0.2) is 0 Å². The van der Waals surface area contributed by atoms with E-state index in [1.165, 1.54) is 0 Å². The Morgan fingerprint density at radius 1 is 0.889 bits per heavy atom. The lowest BCUT2D eigenvalue weighted by molar-refractivity contribution is 0.239. The van der Waals surface area contributed by atoms with Crippen LogP contribution in [0.15, 0.2) is 60.9 Å². The Bertz CT molecular complexity index is 488. The van der Waals surface area contributed by atoms with Crippen LogP contribution in [0.5, 0.6) is 0 Å². The lowest BCUT2D eigenvalue weighted by atomic mass is 10.1. The van der Waals surface area contributed by atoms with Crippen molar-refractivity contribution < 1.29 is 4.74 Å². The van der Waals surface area contributed by atoms with Crippen molar-refractivity contribution in [3.05, 3.63) is 77.5 Å². The molecule has 2 nitrogen and oxygen atoms in total. The van der Waals surface area contributed by atoms with Gasteiger partial charge in [0.1, 0.15) is 6.61 Å². The smallest absolute Gasteiger partial charge is 0.112 e. The molecular formula is C16H17NO. The lowest BCUT2D eigenvalue weighted by Gasteiger charge is -2.02. The van der Waals surface area contributed by atoms with Crippen molar-refractivity contribution in [2.24, 2.45) is 5.73 Å². The molecule has 2 aromatic carbocycles. The van der Waals surface area contributed by atoms with Gasteiger partial charge in [0.05, 0.1) is 6.26 Å². The third-order valence-corrected chi connectivity index (χ3v) is 2.66. The van der Waals surface area contributed by atoms with Gasteiger partial charge >= 0.3 is 0 Å². The van der Waals surface area contributed by atoms with Gasteiger partial charge in [-0.15, -0.1) is 0 Å². The zero-order valence-corrected chi connectivity index (χ0v) is 10.3. The van der Waals surface area contributed by atoms with E-state index in [2.05, 4.69) is 0 Å². The number of hydrogen-bond acceptors (Lipinski definition) is 2. The monoisotopic (exact) mass is 239 g/mol. The van der Waals surface area contributed by atoms with Gasteiger partial charge in [-0.05, 0) is 22.8 Å². The summed E-state index contributed by atoms with van der Waals surface area (Å²) in [5, 5.41) is 0. The van der Waals surface area contributed by atoms with Crippen LogP contribution in [0.2, 0.25) is 0 Å². The van der Waals surface area contributed by atoms with Crippen molar-refractivity contribution in [3.8, 4) is 0 Å². The molecule has 0 unspecified atom stereocenters. The first kappa shape index (κ1) is 12.4. The maximum absolute atomic E-state index is 5.54. The van der Waals surface area contributed by atoms with E-state index in [4.69, 9.17) is 10.5 Å². The zero-order valence-electron chi connectivity index (χ0n) is 10.3. The summed E-state index contributed by atoms with van der Waals surface area (Å²) >= 11 is 0. The van der Waals surface area contributed by atoms with Gasteiger partial charge in [-0.3, -0.25) is 0 Å². The number of ether oxygens (including phenoxy) is 1. The summed E-state index contributed by atoms with van der Waals surface area (Å²) in [6.07, 6.45) is 3.68. The summed E-state index contributed by atoms with van der Waals surface area (Å²) in [4.78, 5) is 0. The van der Waals surface area contributed by atoms with Crippen molar-refractivity contribution in [2.75, 3.05) is 0 Å². The molecule has 0 radical (unpaired) electrons. The molecule has 0 spiro atoms. The fourth-order valence-electron chi connectivity index (χ4n) is 1.61. The quantitative estimate of drug-likeness (QED) is 0.812. The highest BCUT2D eigenvalue weighted by atomic mass is 16.5. The van der Waals surface area contributed by atoms with E-state index in [0.29, 0.717) is 13.2 Å². The van der Waals surface area contributed by atoms with Crippen LogP contribution in [0.3, 0.4) is 0 Å². The Morgan fingerprint density at radius 3 is 2.22 bits per heavy atom. The highest BCUT2D eigenvalue weighted by molar-refractivity contribution is 5.47. The predicted octanol–water partition coefficient (Wildman–Crippen LogP) is 3.33. The molecule has 0 aromatic heterocycles. The van der Waals surface area contributed by atoms with E-state index >= 15 is 0 Å². The largest absolute Gasteiger partial charge is 0.496 e. The summed E-state index contributed by atoms with van der Waals surface area (Å²) in [5.41, 5.74) is 8.96. The maximum Gasteiger partial charge on any atom is 0.112 e. The first-order valence-corrected chi connectivity index (χ1v) is 5.99. The molecule has 0 aliphatic carbocycles. The molecule has 18 heavy (non-hydrogen) atoms. The van der Waals surface area contributed by atoms with Crippen molar-refractivity contribution in [1.82, 2.24) is 0 Å². The fourth-order valence-corrected chi connectivity index (χ4v) is 1.61. The maximum atomic E-state index is 5.54. The van der Waals surface area contributed by atoms with Gasteiger partial charge in [-0.1, -0.05) is 54.6 Å². The van der Waals surface area contributed by atoms with Gasteiger partial charge < -0.3 is 10.5 Å². The molecule has 2 rings (SSSR count).